The van der Waals surface area contributed by atoms with E-state index in [1.54, 1.807) is 14.2 Å². The molecule has 0 saturated carbocycles. The van der Waals surface area contributed by atoms with Crippen molar-refractivity contribution >= 4 is 5.57 Å². The van der Waals surface area contributed by atoms with Gasteiger partial charge in [-0.2, -0.15) is 5.26 Å². The van der Waals surface area contributed by atoms with E-state index in [1.165, 1.54) is 0 Å². The van der Waals surface area contributed by atoms with Gasteiger partial charge in [-0.1, -0.05) is 0 Å². The van der Waals surface area contributed by atoms with E-state index >= 15 is 0 Å². The third-order valence-electron chi connectivity index (χ3n) is 3.03. The Labute approximate surface area is 107 Å². The zero-order valence-corrected chi connectivity index (χ0v) is 10.6. The number of nitriles is 1. The van der Waals surface area contributed by atoms with Crippen LogP contribution in [-0.4, -0.2) is 20.8 Å². The van der Waals surface area contributed by atoms with Crippen LogP contribution in [0, 0.1) is 11.3 Å². The highest BCUT2D eigenvalue weighted by Crippen LogP contribution is 2.32. The molecular weight excluding hydrogens is 228 g/mol. The Morgan fingerprint density at radius 2 is 2.06 bits per heavy atom. The summed E-state index contributed by atoms with van der Waals surface area (Å²) in [5.41, 5.74) is 2.57. The summed E-state index contributed by atoms with van der Waals surface area (Å²) < 4.78 is 10.4. The molecule has 4 nitrogen and oxygen atoms in total. The van der Waals surface area contributed by atoms with Crippen molar-refractivity contribution in [2.75, 3.05) is 20.8 Å². The van der Waals surface area contributed by atoms with Crippen LogP contribution in [0.2, 0.25) is 0 Å². The molecule has 1 saturated heterocycles. The number of hydrogen-bond acceptors (Lipinski definition) is 4. The topological polar surface area (TPSA) is 54.3 Å². The third-order valence-corrected chi connectivity index (χ3v) is 3.03. The van der Waals surface area contributed by atoms with Crippen LogP contribution >= 0.6 is 0 Å². The SMILES string of the molecule is COc1ccc(/C(C#N)=C2\CCCN2)cc1OC. The molecule has 0 unspecified atom stereocenters. The molecule has 2 rings (SSSR count). The van der Waals surface area contributed by atoms with E-state index in [-0.39, 0.29) is 0 Å². The van der Waals surface area contributed by atoms with Crippen LogP contribution in [-0.2, 0) is 0 Å². The molecule has 94 valence electrons. The predicted octanol–water partition coefficient (Wildman–Crippen LogP) is 2.32. The smallest absolute Gasteiger partial charge is 0.161 e. The Bertz CT molecular complexity index is 507. The molecule has 1 N–H and O–H groups in total. The minimum absolute atomic E-state index is 0.640. The molecule has 0 aliphatic carbocycles. The highest BCUT2D eigenvalue weighted by molar-refractivity contribution is 5.80. The highest BCUT2D eigenvalue weighted by Gasteiger charge is 2.15. The first-order valence-corrected chi connectivity index (χ1v) is 5.89. The second-order valence-electron chi connectivity index (χ2n) is 4.07. The molecule has 1 fully saturated rings. The van der Waals surface area contributed by atoms with Crippen molar-refractivity contribution in [2.45, 2.75) is 12.8 Å². The first-order chi connectivity index (χ1) is 8.80. The van der Waals surface area contributed by atoms with Crippen molar-refractivity contribution in [3.63, 3.8) is 0 Å². The Kier molecular flexibility index (Phi) is 3.73. The summed E-state index contributed by atoms with van der Waals surface area (Å²) in [7, 11) is 3.19. The maximum Gasteiger partial charge on any atom is 0.161 e. The number of ether oxygens (including phenoxy) is 2. The van der Waals surface area contributed by atoms with E-state index < -0.39 is 0 Å². The first kappa shape index (κ1) is 12.3. The maximum atomic E-state index is 9.31. The molecule has 1 aromatic rings. The molecule has 1 aliphatic rings. The summed E-state index contributed by atoms with van der Waals surface area (Å²) in [6.45, 7) is 0.938. The number of allylic oxidation sites excluding steroid dienone is 2. The number of rotatable bonds is 3. The van der Waals surface area contributed by atoms with Crippen molar-refractivity contribution in [1.82, 2.24) is 5.32 Å². The second kappa shape index (κ2) is 5.46. The standard InChI is InChI=1S/C14H16N2O2/c1-17-13-6-5-10(8-14(13)18-2)11(9-15)12-4-3-7-16-12/h5-6,8,16H,3-4,7H2,1-2H3/b12-11+. The van der Waals surface area contributed by atoms with Gasteiger partial charge in [0.2, 0.25) is 0 Å². The average Bonchev–Trinajstić information content (AvgIpc) is 2.93. The van der Waals surface area contributed by atoms with E-state index in [0.717, 1.165) is 30.6 Å². The Hall–Kier alpha value is -2.15. The minimum Gasteiger partial charge on any atom is -0.493 e. The van der Waals surface area contributed by atoms with Crippen LogP contribution in [0.4, 0.5) is 0 Å². The molecular formula is C14H16N2O2. The quantitative estimate of drug-likeness (QED) is 0.829. The fourth-order valence-electron chi connectivity index (χ4n) is 2.10. The fourth-order valence-corrected chi connectivity index (χ4v) is 2.10. The molecule has 0 amide bonds. The molecule has 1 aromatic carbocycles. The van der Waals surface area contributed by atoms with Crippen molar-refractivity contribution in [2.24, 2.45) is 0 Å². The van der Waals surface area contributed by atoms with E-state index in [2.05, 4.69) is 11.4 Å². The molecule has 0 radical (unpaired) electrons. The zero-order valence-electron chi connectivity index (χ0n) is 10.6. The predicted molar refractivity (Wildman–Crippen MR) is 69.3 cm³/mol. The summed E-state index contributed by atoms with van der Waals surface area (Å²) in [5, 5.41) is 12.6. The lowest BCUT2D eigenvalue weighted by atomic mass is 10.0. The van der Waals surface area contributed by atoms with Crippen LogP contribution in [0.5, 0.6) is 11.5 Å². The molecule has 0 bridgehead atoms. The van der Waals surface area contributed by atoms with Crippen molar-refractivity contribution in [3.8, 4) is 17.6 Å². The Morgan fingerprint density at radius 1 is 1.28 bits per heavy atom. The van der Waals surface area contributed by atoms with Gasteiger partial charge < -0.3 is 14.8 Å². The third kappa shape index (κ3) is 2.25. The molecule has 0 aromatic heterocycles. The maximum absolute atomic E-state index is 9.31. The van der Waals surface area contributed by atoms with Crippen LogP contribution < -0.4 is 14.8 Å². The lowest BCUT2D eigenvalue weighted by Crippen LogP contribution is -2.06. The molecule has 0 spiro atoms. The van der Waals surface area contributed by atoms with E-state index in [4.69, 9.17) is 9.47 Å². The van der Waals surface area contributed by atoms with Crippen molar-refractivity contribution < 1.29 is 9.47 Å². The van der Waals surface area contributed by atoms with Gasteiger partial charge in [-0.05, 0) is 36.6 Å². The minimum atomic E-state index is 0.640. The van der Waals surface area contributed by atoms with Gasteiger partial charge in [-0.25, -0.2) is 0 Å². The summed E-state index contributed by atoms with van der Waals surface area (Å²) in [6.07, 6.45) is 2.01. The summed E-state index contributed by atoms with van der Waals surface area (Å²) >= 11 is 0. The second-order valence-corrected chi connectivity index (χ2v) is 4.07. The zero-order chi connectivity index (χ0) is 13.0. The highest BCUT2D eigenvalue weighted by atomic mass is 16.5. The Balaban J connectivity index is 2.44. The summed E-state index contributed by atoms with van der Waals surface area (Å²) in [6, 6.07) is 7.81. The number of methoxy groups -OCH3 is 2. The van der Waals surface area contributed by atoms with Gasteiger partial charge in [0.1, 0.15) is 6.07 Å². The molecule has 1 heterocycles. The lowest BCUT2D eigenvalue weighted by Gasteiger charge is -2.10. The molecule has 4 heteroatoms. The largest absolute Gasteiger partial charge is 0.493 e. The van der Waals surface area contributed by atoms with Gasteiger partial charge in [0.25, 0.3) is 0 Å². The summed E-state index contributed by atoms with van der Waals surface area (Å²) in [5.74, 6) is 1.31. The number of hydrogen-bond donors (Lipinski definition) is 1. The lowest BCUT2D eigenvalue weighted by molar-refractivity contribution is 0.355. The monoisotopic (exact) mass is 244 g/mol. The van der Waals surface area contributed by atoms with Crippen LogP contribution in [0.3, 0.4) is 0 Å². The normalized spacial score (nSPS) is 16.7. The van der Waals surface area contributed by atoms with Gasteiger partial charge >= 0.3 is 0 Å². The average molecular weight is 244 g/mol. The van der Waals surface area contributed by atoms with E-state index in [9.17, 15) is 5.26 Å². The van der Waals surface area contributed by atoms with Gasteiger partial charge in [-0.15, -0.1) is 0 Å². The first-order valence-electron chi connectivity index (χ1n) is 5.89. The number of benzene rings is 1. The van der Waals surface area contributed by atoms with Gasteiger partial charge in [0.15, 0.2) is 11.5 Å². The van der Waals surface area contributed by atoms with Gasteiger partial charge in [0.05, 0.1) is 19.8 Å². The molecule has 0 atom stereocenters. The summed E-state index contributed by atoms with van der Waals surface area (Å²) in [4.78, 5) is 0. The van der Waals surface area contributed by atoms with Crippen LogP contribution in [0.25, 0.3) is 5.57 Å². The fraction of sp³-hybridized carbons (Fsp3) is 0.357. The van der Waals surface area contributed by atoms with E-state index in [1.807, 2.05) is 18.2 Å². The molecule has 1 aliphatic heterocycles. The van der Waals surface area contributed by atoms with E-state index in [0.29, 0.717) is 17.1 Å². The number of nitrogens with zero attached hydrogens (tertiary/aromatic N) is 1. The number of nitrogens with one attached hydrogen (secondary N) is 1. The molecule has 18 heavy (non-hydrogen) atoms. The van der Waals surface area contributed by atoms with Crippen molar-refractivity contribution in [3.05, 3.63) is 29.5 Å². The Morgan fingerprint density at radius 3 is 2.61 bits per heavy atom. The van der Waals surface area contributed by atoms with Crippen molar-refractivity contribution in [1.29, 1.82) is 5.26 Å². The van der Waals surface area contributed by atoms with Crippen LogP contribution in [0.15, 0.2) is 23.9 Å². The van der Waals surface area contributed by atoms with Crippen LogP contribution in [0.1, 0.15) is 18.4 Å². The van der Waals surface area contributed by atoms with Gasteiger partial charge in [0, 0.05) is 12.2 Å². The van der Waals surface area contributed by atoms with Gasteiger partial charge in [-0.3, -0.25) is 0 Å².